The Morgan fingerprint density at radius 1 is 0.976 bits per heavy atom. The number of rotatable bonds is 9. The SMILES string of the molecule is CCOc1ccc2c(c1)N(CCN1CCC[C@@H](COC)C1)CCn1c-2c(C2CCCCC2)c2ccc(C(=O)O)cc21. The van der Waals surface area contributed by atoms with E-state index in [1.165, 1.54) is 72.8 Å². The fraction of sp³-hybridized carbons (Fsp3) is 0.559. The van der Waals surface area contributed by atoms with Crippen molar-refractivity contribution in [3.63, 3.8) is 0 Å². The van der Waals surface area contributed by atoms with E-state index in [0.29, 0.717) is 24.0 Å². The monoisotopic (exact) mass is 559 g/mol. The zero-order valence-corrected chi connectivity index (χ0v) is 24.7. The van der Waals surface area contributed by atoms with E-state index < -0.39 is 5.97 Å². The number of anilines is 1. The molecular weight excluding hydrogens is 514 g/mol. The Morgan fingerprint density at radius 3 is 2.61 bits per heavy atom. The van der Waals surface area contributed by atoms with E-state index in [4.69, 9.17) is 9.47 Å². The number of ether oxygens (including phenoxy) is 2. The highest BCUT2D eigenvalue weighted by Gasteiger charge is 2.31. The van der Waals surface area contributed by atoms with Crippen molar-refractivity contribution in [2.45, 2.75) is 64.3 Å². The van der Waals surface area contributed by atoms with Crippen molar-refractivity contribution in [2.75, 3.05) is 57.9 Å². The molecule has 1 aromatic heterocycles. The number of methoxy groups -OCH3 is 1. The van der Waals surface area contributed by atoms with E-state index in [2.05, 4.69) is 38.6 Å². The summed E-state index contributed by atoms with van der Waals surface area (Å²) in [4.78, 5) is 17.1. The highest BCUT2D eigenvalue weighted by atomic mass is 16.5. The maximum Gasteiger partial charge on any atom is 0.335 e. The van der Waals surface area contributed by atoms with Crippen LogP contribution in [0.4, 0.5) is 5.69 Å². The minimum Gasteiger partial charge on any atom is -0.494 e. The first-order chi connectivity index (χ1) is 20.1. The molecule has 0 spiro atoms. The van der Waals surface area contributed by atoms with Crippen LogP contribution >= 0.6 is 0 Å². The largest absolute Gasteiger partial charge is 0.494 e. The predicted octanol–water partition coefficient (Wildman–Crippen LogP) is 6.63. The van der Waals surface area contributed by atoms with Crippen molar-refractivity contribution >= 4 is 22.6 Å². The normalized spacial score (nSPS) is 20.0. The summed E-state index contributed by atoms with van der Waals surface area (Å²) >= 11 is 0. The molecule has 220 valence electrons. The molecule has 2 fully saturated rings. The van der Waals surface area contributed by atoms with Crippen LogP contribution in [0.1, 0.15) is 73.7 Å². The molecule has 1 saturated heterocycles. The van der Waals surface area contributed by atoms with Gasteiger partial charge >= 0.3 is 5.97 Å². The quantitative estimate of drug-likeness (QED) is 0.317. The van der Waals surface area contributed by atoms with E-state index in [-0.39, 0.29) is 0 Å². The fourth-order valence-corrected chi connectivity index (χ4v) is 7.63. The predicted molar refractivity (Wildman–Crippen MR) is 165 cm³/mol. The first kappa shape index (κ1) is 28.1. The van der Waals surface area contributed by atoms with Crippen LogP contribution in [0.5, 0.6) is 5.75 Å². The molecule has 2 aliphatic heterocycles. The molecule has 3 aromatic rings. The summed E-state index contributed by atoms with van der Waals surface area (Å²) in [6.07, 6.45) is 8.68. The van der Waals surface area contributed by atoms with E-state index >= 15 is 0 Å². The highest BCUT2D eigenvalue weighted by molar-refractivity contribution is 5.99. The van der Waals surface area contributed by atoms with E-state index in [0.717, 1.165) is 57.1 Å². The van der Waals surface area contributed by atoms with Crippen LogP contribution < -0.4 is 9.64 Å². The van der Waals surface area contributed by atoms with E-state index in [1.54, 1.807) is 6.07 Å². The lowest BCUT2D eigenvalue weighted by Crippen LogP contribution is -2.42. The molecule has 7 heteroatoms. The Hall–Kier alpha value is -3.03. The number of carbonyl (C=O) groups is 1. The standard InChI is InChI=1S/C34H45N3O4/c1-3-41-27-12-14-29-30(21-27)36(17-16-35-15-7-8-24(22-35)23-40-2)18-19-37-31-20-26(34(38)39)11-13-28(31)32(33(29)37)25-9-5-4-6-10-25/h11-14,20-21,24-25H,3-10,15-19,22-23H2,1-2H3,(H,38,39)/t24-/m1/s1. The second-order valence-electron chi connectivity index (χ2n) is 12.1. The van der Waals surface area contributed by atoms with Gasteiger partial charge in [-0.25, -0.2) is 4.79 Å². The third kappa shape index (κ3) is 5.71. The van der Waals surface area contributed by atoms with Crippen LogP contribution in [0.3, 0.4) is 0 Å². The van der Waals surface area contributed by atoms with Crippen molar-refractivity contribution in [3.8, 4) is 17.0 Å². The Bertz CT molecular complexity index is 1370. The van der Waals surface area contributed by atoms with Gasteiger partial charge in [0.05, 0.1) is 24.5 Å². The zero-order chi connectivity index (χ0) is 28.3. The van der Waals surface area contributed by atoms with Gasteiger partial charge in [-0.3, -0.25) is 0 Å². The summed E-state index contributed by atoms with van der Waals surface area (Å²) in [5, 5.41) is 11.1. The van der Waals surface area contributed by atoms with Gasteiger partial charge in [0.15, 0.2) is 0 Å². The summed E-state index contributed by atoms with van der Waals surface area (Å²) < 4.78 is 13.9. The van der Waals surface area contributed by atoms with E-state index in [1.807, 2.05) is 20.1 Å². The summed E-state index contributed by atoms with van der Waals surface area (Å²) in [7, 11) is 1.81. The van der Waals surface area contributed by atoms with Gasteiger partial charge < -0.3 is 28.9 Å². The summed E-state index contributed by atoms with van der Waals surface area (Å²) in [6.45, 7) is 9.43. The molecule has 1 aliphatic carbocycles. The molecule has 0 amide bonds. The van der Waals surface area contributed by atoms with Crippen LogP contribution in [-0.2, 0) is 11.3 Å². The van der Waals surface area contributed by atoms with Gasteiger partial charge in [-0.15, -0.1) is 0 Å². The Morgan fingerprint density at radius 2 is 1.83 bits per heavy atom. The molecule has 1 atom stereocenters. The average Bonchev–Trinajstić information content (AvgIpc) is 3.22. The van der Waals surface area contributed by atoms with Crippen LogP contribution in [0.2, 0.25) is 0 Å². The van der Waals surface area contributed by atoms with Gasteiger partial charge in [0.25, 0.3) is 0 Å². The summed E-state index contributed by atoms with van der Waals surface area (Å²) in [5.41, 5.74) is 6.60. The van der Waals surface area contributed by atoms with E-state index in [9.17, 15) is 9.90 Å². The number of piperidine rings is 1. The van der Waals surface area contributed by atoms with Crippen molar-refractivity contribution < 1.29 is 19.4 Å². The number of carboxylic acid groups (broad SMARTS) is 1. The summed E-state index contributed by atoms with van der Waals surface area (Å²) in [5.74, 6) is 1.15. The lowest BCUT2D eigenvalue weighted by molar-refractivity contribution is 0.0697. The van der Waals surface area contributed by atoms with Crippen molar-refractivity contribution in [1.82, 2.24) is 9.47 Å². The number of aromatic carboxylic acids is 1. The minimum atomic E-state index is -0.869. The Balaban J connectivity index is 1.42. The molecule has 0 unspecified atom stereocenters. The maximum atomic E-state index is 12.0. The molecule has 0 bridgehead atoms. The number of hydrogen-bond acceptors (Lipinski definition) is 5. The van der Waals surface area contributed by atoms with Crippen LogP contribution in [0, 0.1) is 5.92 Å². The molecule has 0 radical (unpaired) electrons. The lowest BCUT2D eigenvalue weighted by Gasteiger charge is -2.34. The number of fused-ring (bicyclic) bond motifs is 5. The lowest BCUT2D eigenvalue weighted by atomic mass is 9.81. The molecule has 1 N–H and O–H groups in total. The molecular formula is C34H45N3O4. The highest BCUT2D eigenvalue weighted by Crippen LogP contribution is 2.48. The van der Waals surface area contributed by atoms with Crippen molar-refractivity contribution in [1.29, 1.82) is 0 Å². The third-order valence-electron chi connectivity index (χ3n) is 9.53. The smallest absolute Gasteiger partial charge is 0.335 e. The van der Waals surface area contributed by atoms with Crippen molar-refractivity contribution in [3.05, 3.63) is 47.5 Å². The molecule has 41 heavy (non-hydrogen) atoms. The number of hydrogen-bond donors (Lipinski definition) is 1. The third-order valence-corrected chi connectivity index (χ3v) is 9.53. The maximum absolute atomic E-state index is 12.0. The Labute approximate surface area is 244 Å². The average molecular weight is 560 g/mol. The van der Waals surface area contributed by atoms with Gasteiger partial charge in [0.2, 0.25) is 0 Å². The topological polar surface area (TPSA) is 67.2 Å². The van der Waals surface area contributed by atoms with Gasteiger partial charge in [-0.1, -0.05) is 25.3 Å². The first-order valence-corrected chi connectivity index (χ1v) is 15.7. The number of benzene rings is 2. The van der Waals surface area contributed by atoms with Gasteiger partial charge in [0.1, 0.15) is 5.75 Å². The number of aromatic nitrogens is 1. The first-order valence-electron chi connectivity index (χ1n) is 15.7. The number of likely N-dealkylation sites (tertiary alicyclic amines) is 1. The molecule has 2 aromatic carbocycles. The van der Waals surface area contributed by atoms with Gasteiger partial charge in [-0.2, -0.15) is 0 Å². The summed E-state index contributed by atoms with van der Waals surface area (Å²) in [6, 6.07) is 12.4. The van der Waals surface area contributed by atoms with Gasteiger partial charge in [-0.05, 0) is 80.8 Å². The second-order valence-corrected chi connectivity index (χ2v) is 12.1. The minimum absolute atomic E-state index is 0.358. The second kappa shape index (κ2) is 12.5. The molecule has 7 nitrogen and oxygen atoms in total. The van der Waals surface area contributed by atoms with Crippen LogP contribution in [-0.4, -0.2) is 73.6 Å². The molecule has 1 saturated carbocycles. The van der Waals surface area contributed by atoms with Crippen LogP contribution in [0.15, 0.2) is 36.4 Å². The van der Waals surface area contributed by atoms with Crippen LogP contribution in [0.25, 0.3) is 22.2 Å². The Kier molecular flexibility index (Phi) is 8.54. The van der Waals surface area contributed by atoms with Crippen molar-refractivity contribution in [2.24, 2.45) is 5.92 Å². The number of carboxylic acids is 1. The fourth-order valence-electron chi connectivity index (χ4n) is 7.63. The van der Waals surface area contributed by atoms with Gasteiger partial charge in [0, 0.05) is 68.1 Å². The molecule has 6 rings (SSSR count). The molecule has 3 aliphatic rings. The zero-order valence-electron chi connectivity index (χ0n) is 24.7. The number of nitrogens with zero attached hydrogens (tertiary/aromatic N) is 3. The molecule has 3 heterocycles.